The van der Waals surface area contributed by atoms with Crippen molar-refractivity contribution in [2.24, 2.45) is 0 Å². The Morgan fingerprint density at radius 1 is 1.30 bits per heavy atom. The van der Waals surface area contributed by atoms with Gasteiger partial charge >= 0.3 is 0 Å². The number of carbonyl (C=O) groups excluding carboxylic acids is 1. The minimum Gasteiger partial charge on any atom is -0.394 e. The fourth-order valence-electron chi connectivity index (χ4n) is 2.66. The Balaban J connectivity index is 1.91. The van der Waals surface area contributed by atoms with Crippen LogP contribution in [0.2, 0.25) is 0 Å². The smallest absolute Gasteiger partial charge is 0.275 e. The predicted octanol–water partition coefficient (Wildman–Crippen LogP) is -3.67. The molecule has 11 nitrogen and oxygen atoms in total. The number of fused-ring (bicyclic) bond motifs is 1. The van der Waals surface area contributed by atoms with Crippen LogP contribution in [0.25, 0.3) is 0 Å². The van der Waals surface area contributed by atoms with Crippen molar-refractivity contribution in [3.05, 3.63) is 12.0 Å². The Bertz CT molecular complexity index is 594. The first-order chi connectivity index (χ1) is 11.0. The van der Waals surface area contributed by atoms with Gasteiger partial charge in [0.15, 0.2) is 11.9 Å². The average molecular weight is 330 g/mol. The van der Waals surface area contributed by atoms with E-state index in [2.05, 4.69) is 15.6 Å². The molecule has 23 heavy (non-hydrogen) atoms. The van der Waals surface area contributed by atoms with Gasteiger partial charge in [0, 0.05) is 0 Å². The van der Waals surface area contributed by atoms with Crippen molar-refractivity contribution < 1.29 is 35.1 Å². The third kappa shape index (κ3) is 2.56. The van der Waals surface area contributed by atoms with E-state index in [1.165, 1.54) is 10.9 Å². The van der Waals surface area contributed by atoms with E-state index in [9.17, 15) is 20.1 Å². The molecule has 2 aliphatic heterocycles. The van der Waals surface area contributed by atoms with Gasteiger partial charge in [-0.3, -0.25) is 9.36 Å². The number of hydrogen-bond donors (Lipinski definition) is 7. The van der Waals surface area contributed by atoms with Crippen LogP contribution >= 0.6 is 0 Å². The van der Waals surface area contributed by atoms with Crippen LogP contribution < -0.4 is 10.6 Å². The van der Waals surface area contributed by atoms with Gasteiger partial charge in [-0.05, 0) is 0 Å². The van der Waals surface area contributed by atoms with Crippen LogP contribution in [0.3, 0.4) is 0 Å². The van der Waals surface area contributed by atoms with E-state index in [0.29, 0.717) is 0 Å². The van der Waals surface area contributed by atoms with Gasteiger partial charge in [-0.1, -0.05) is 0 Å². The highest BCUT2D eigenvalue weighted by Crippen LogP contribution is 2.33. The molecule has 1 amide bonds. The molecule has 0 spiro atoms. The maximum absolute atomic E-state index is 12.0. The predicted molar refractivity (Wildman–Crippen MR) is 73.2 cm³/mol. The number of aliphatic hydroxyl groups excluding tert-OH is 5. The highest BCUT2D eigenvalue weighted by atomic mass is 16.6. The van der Waals surface area contributed by atoms with Gasteiger partial charge in [0.05, 0.1) is 19.5 Å². The lowest BCUT2D eigenvalue weighted by Crippen LogP contribution is -2.53. The molecule has 6 atom stereocenters. The first-order valence-corrected chi connectivity index (χ1v) is 7.03. The van der Waals surface area contributed by atoms with Gasteiger partial charge in [-0.25, -0.2) is 4.98 Å². The summed E-state index contributed by atoms with van der Waals surface area (Å²) in [7, 11) is 0. The molecule has 0 aliphatic carbocycles. The second-order valence-corrected chi connectivity index (χ2v) is 5.42. The quantitative estimate of drug-likeness (QED) is 0.294. The molecule has 0 aromatic carbocycles. The minimum atomic E-state index is -1.33. The first-order valence-electron chi connectivity index (χ1n) is 7.03. The summed E-state index contributed by atoms with van der Waals surface area (Å²) in [4.78, 5) is 15.9. The molecule has 0 bridgehead atoms. The molecule has 1 aromatic rings. The number of aliphatic hydroxyl groups is 5. The number of imidazole rings is 1. The van der Waals surface area contributed by atoms with Gasteiger partial charge < -0.3 is 40.9 Å². The molecule has 11 heteroatoms. The number of hydrogen-bond acceptors (Lipinski definition) is 9. The van der Waals surface area contributed by atoms with Crippen molar-refractivity contribution in [1.82, 2.24) is 14.9 Å². The van der Waals surface area contributed by atoms with Crippen molar-refractivity contribution in [3.63, 3.8) is 0 Å². The lowest BCUT2D eigenvalue weighted by atomic mass is 10.1. The molecule has 0 saturated carbocycles. The van der Waals surface area contributed by atoms with E-state index in [1.807, 2.05) is 0 Å². The molecule has 7 N–H and O–H groups in total. The van der Waals surface area contributed by atoms with E-state index in [0.717, 1.165) is 0 Å². The van der Waals surface area contributed by atoms with Crippen molar-refractivity contribution in [2.45, 2.75) is 36.8 Å². The molecule has 1 saturated heterocycles. The summed E-state index contributed by atoms with van der Waals surface area (Å²) in [6.45, 7) is -1.05. The molecule has 3 heterocycles. The Labute approximate surface area is 130 Å². The fraction of sp³-hybridized carbons (Fsp3) is 0.667. The number of nitrogens with one attached hydrogen (secondary N) is 2. The zero-order valence-electron chi connectivity index (χ0n) is 11.9. The van der Waals surface area contributed by atoms with Crippen molar-refractivity contribution in [2.75, 3.05) is 18.5 Å². The van der Waals surface area contributed by atoms with E-state index in [-0.39, 0.29) is 11.5 Å². The molecule has 2 aliphatic rings. The van der Waals surface area contributed by atoms with Crippen LogP contribution in [-0.2, 0) is 4.74 Å². The largest absolute Gasteiger partial charge is 0.394 e. The number of aromatic nitrogens is 2. The monoisotopic (exact) mass is 330 g/mol. The zero-order valence-corrected chi connectivity index (χ0v) is 11.9. The number of nitrogens with zero attached hydrogens (tertiary/aromatic N) is 2. The number of rotatable bonds is 4. The summed E-state index contributed by atoms with van der Waals surface area (Å²) < 4.78 is 6.69. The highest BCUT2D eigenvalue weighted by Gasteiger charge is 2.45. The highest BCUT2D eigenvalue weighted by molar-refractivity contribution is 5.99. The Kier molecular flexibility index (Phi) is 4.23. The van der Waals surface area contributed by atoms with Crippen molar-refractivity contribution in [3.8, 4) is 0 Å². The number of carbonyl (C=O) groups is 1. The van der Waals surface area contributed by atoms with Gasteiger partial charge in [-0.2, -0.15) is 0 Å². The lowest BCUT2D eigenvalue weighted by molar-refractivity contribution is -0.0520. The van der Waals surface area contributed by atoms with Crippen molar-refractivity contribution >= 4 is 11.7 Å². The maximum Gasteiger partial charge on any atom is 0.275 e. The van der Waals surface area contributed by atoms with Crippen LogP contribution in [0.4, 0.5) is 5.82 Å². The molecular formula is C12H18N4O7. The standard InChI is InChI=1S/C12H18N4O7/c17-1-4(19)9-14-10-6(11(22)15-9)13-3-16(10)12-8(21)7(20)5(2-18)23-12/h3-5,7-9,12,14,17-21H,1-2H2,(H,15,22). The molecule has 0 radical (unpaired) electrons. The second kappa shape index (κ2) is 6.03. The fourth-order valence-corrected chi connectivity index (χ4v) is 2.66. The van der Waals surface area contributed by atoms with Gasteiger partial charge in [0.2, 0.25) is 0 Å². The Morgan fingerprint density at radius 3 is 2.65 bits per heavy atom. The Hall–Kier alpha value is -1.76. The van der Waals surface area contributed by atoms with Crippen LogP contribution in [0.15, 0.2) is 6.33 Å². The summed E-state index contributed by atoms with van der Waals surface area (Å²) in [6, 6.07) is 0. The summed E-state index contributed by atoms with van der Waals surface area (Å²) >= 11 is 0. The number of ether oxygens (including phenoxy) is 1. The zero-order chi connectivity index (χ0) is 16.7. The summed E-state index contributed by atoms with van der Waals surface area (Å²) in [5, 5.41) is 52.9. The van der Waals surface area contributed by atoms with Crippen LogP contribution in [0.1, 0.15) is 16.7 Å². The summed E-state index contributed by atoms with van der Waals surface area (Å²) in [5.41, 5.74) is 0.0177. The molecule has 128 valence electrons. The number of anilines is 1. The van der Waals surface area contributed by atoms with Gasteiger partial charge in [0.1, 0.15) is 36.4 Å². The third-order valence-electron chi connectivity index (χ3n) is 3.95. The molecule has 6 unspecified atom stereocenters. The topological polar surface area (TPSA) is 169 Å². The number of amides is 1. The SMILES string of the molecule is O=C1NC(C(O)CO)Nc2c1ncn2C1OC(CO)C(O)C1O. The van der Waals surface area contributed by atoms with E-state index < -0.39 is 55.9 Å². The van der Waals surface area contributed by atoms with Crippen LogP contribution in [-0.4, -0.2) is 84.8 Å². The first kappa shape index (κ1) is 16.1. The minimum absolute atomic E-state index is 0.0177. The van der Waals surface area contributed by atoms with Gasteiger partial charge in [-0.15, -0.1) is 0 Å². The van der Waals surface area contributed by atoms with E-state index in [4.69, 9.17) is 14.9 Å². The van der Waals surface area contributed by atoms with E-state index >= 15 is 0 Å². The van der Waals surface area contributed by atoms with Crippen LogP contribution in [0, 0.1) is 0 Å². The van der Waals surface area contributed by atoms with Crippen LogP contribution in [0.5, 0.6) is 0 Å². The maximum atomic E-state index is 12.0. The summed E-state index contributed by atoms with van der Waals surface area (Å²) in [6.07, 6.45) is -5.62. The summed E-state index contributed by atoms with van der Waals surface area (Å²) in [5.74, 6) is -0.400. The average Bonchev–Trinajstić information content (AvgIpc) is 3.09. The molecule has 1 aromatic heterocycles. The van der Waals surface area contributed by atoms with Crippen molar-refractivity contribution in [1.29, 1.82) is 0 Å². The lowest BCUT2D eigenvalue weighted by Gasteiger charge is -2.30. The molecular weight excluding hydrogens is 312 g/mol. The van der Waals surface area contributed by atoms with E-state index in [1.54, 1.807) is 0 Å². The third-order valence-corrected chi connectivity index (χ3v) is 3.95. The Morgan fingerprint density at radius 2 is 2.04 bits per heavy atom. The molecule has 3 rings (SSSR count). The van der Waals surface area contributed by atoms with Gasteiger partial charge in [0.25, 0.3) is 5.91 Å². The second-order valence-electron chi connectivity index (χ2n) is 5.42. The molecule has 1 fully saturated rings. The normalized spacial score (nSPS) is 34.7.